The molecule has 0 saturated heterocycles. The zero-order valence-corrected chi connectivity index (χ0v) is 12.0. The van der Waals surface area contributed by atoms with Gasteiger partial charge in [0.2, 0.25) is 0 Å². The van der Waals surface area contributed by atoms with Gasteiger partial charge < -0.3 is 9.64 Å². The molecule has 100 valence electrons. The van der Waals surface area contributed by atoms with Crippen molar-refractivity contribution in [3.05, 3.63) is 34.3 Å². The molecule has 0 N–H and O–H groups in total. The van der Waals surface area contributed by atoms with Crippen molar-refractivity contribution < 1.29 is 14.3 Å². The summed E-state index contributed by atoms with van der Waals surface area (Å²) in [4.78, 5) is 24.6. The third kappa shape index (κ3) is 5.10. The van der Waals surface area contributed by atoms with Crippen molar-refractivity contribution in [2.45, 2.75) is 6.42 Å². The van der Waals surface area contributed by atoms with Crippen molar-refractivity contribution in [1.82, 2.24) is 4.90 Å². The van der Waals surface area contributed by atoms with E-state index in [9.17, 15) is 9.59 Å². The molecule has 0 unspecified atom stereocenters. The monoisotopic (exact) mass is 324 g/mol. The maximum absolute atomic E-state index is 11.6. The summed E-state index contributed by atoms with van der Waals surface area (Å²) in [5, 5.41) is 8.41. The Hall–Kier alpha value is -1.87. The first-order valence-electron chi connectivity index (χ1n) is 5.58. The lowest BCUT2D eigenvalue weighted by Crippen LogP contribution is -2.31. The van der Waals surface area contributed by atoms with Gasteiger partial charge in [0.05, 0.1) is 18.1 Å². The Balaban J connectivity index is 2.44. The SMILES string of the molecule is CN(CCC#N)C(=O)COC(=O)c1ccc(Br)cc1. The molecule has 0 radical (unpaired) electrons. The van der Waals surface area contributed by atoms with Crippen molar-refractivity contribution >= 4 is 27.8 Å². The molecule has 19 heavy (non-hydrogen) atoms. The third-order valence-corrected chi connectivity index (χ3v) is 2.92. The number of likely N-dealkylation sites (N-methyl/N-ethyl adjacent to an activating group) is 1. The fourth-order valence-corrected chi connectivity index (χ4v) is 1.51. The van der Waals surface area contributed by atoms with Crippen LogP contribution in [-0.4, -0.2) is 37.0 Å². The molecule has 0 atom stereocenters. The van der Waals surface area contributed by atoms with Crippen LogP contribution in [0.1, 0.15) is 16.8 Å². The van der Waals surface area contributed by atoms with Crippen LogP contribution in [0.2, 0.25) is 0 Å². The number of nitrogens with zero attached hydrogens (tertiary/aromatic N) is 2. The number of benzene rings is 1. The van der Waals surface area contributed by atoms with Crippen LogP contribution in [0.25, 0.3) is 0 Å². The van der Waals surface area contributed by atoms with Crippen molar-refractivity contribution in [2.24, 2.45) is 0 Å². The Labute approximate surface area is 119 Å². The van der Waals surface area contributed by atoms with Crippen LogP contribution in [0.15, 0.2) is 28.7 Å². The molecule has 1 aromatic carbocycles. The van der Waals surface area contributed by atoms with Gasteiger partial charge in [0.1, 0.15) is 0 Å². The minimum atomic E-state index is -0.547. The molecule has 1 aromatic rings. The number of amides is 1. The number of carbonyl (C=O) groups is 2. The molecule has 6 heteroatoms. The second kappa shape index (κ2) is 7.54. The molecule has 0 aliphatic carbocycles. The summed E-state index contributed by atoms with van der Waals surface area (Å²) in [7, 11) is 1.56. The molecular weight excluding hydrogens is 312 g/mol. The molecule has 1 rings (SSSR count). The molecular formula is C13H13BrN2O3. The number of halogens is 1. The van der Waals surface area contributed by atoms with Gasteiger partial charge >= 0.3 is 5.97 Å². The Kier molecular flexibility index (Phi) is 6.03. The van der Waals surface area contributed by atoms with Crippen LogP contribution in [-0.2, 0) is 9.53 Å². The minimum Gasteiger partial charge on any atom is -0.452 e. The quantitative estimate of drug-likeness (QED) is 0.776. The number of hydrogen-bond acceptors (Lipinski definition) is 4. The summed E-state index contributed by atoms with van der Waals surface area (Å²) in [6, 6.07) is 8.60. The van der Waals surface area contributed by atoms with Crippen LogP contribution >= 0.6 is 15.9 Å². The van der Waals surface area contributed by atoms with Gasteiger partial charge in [-0.2, -0.15) is 5.26 Å². The Morgan fingerprint density at radius 2 is 2.00 bits per heavy atom. The highest BCUT2D eigenvalue weighted by Gasteiger charge is 2.13. The van der Waals surface area contributed by atoms with E-state index in [1.165, 1.54) is 4.90 Å². The van der Waals surface area contributed by atoms with Gasteiger partial charge in [0, 0.05) is 18.1 Å². The summed E-state index contributed by atoms with van der Waals surface area (Å²) in [5.41, 5.74) is 0.385. The number of ether oxygens (including phenoxy) is 1. The summed E-state index contributed by atoms with van der Waals surface area (Å²) < 4.78 is 5.76. The van der Waals surface area contributed by atoms with Crippen molar-refractivity contribution in [3.63, 3.8) is 0 Å². The minimum absolute atomic E-state index is 0.253. The second-order valence-electron chi connectivity index (χ2n) is 3.81. The highest BCUT2D eigenvalue weighted by Crippen LogP contribution is 2.11. The summed E-state index contributed by atoms with van der Waals surface area (Å²) in [6.07, 6.45) is 0.253. The maximum atomic E-state index is 11.6. The molecule has 0 fully saturated rings. The topological polar surface area (TPSA) is 70.4 Å². The summed E-state index contributed by atoms with van der Waals surface area (Å²) in [6.45, 7) is 0.00198. The fraction of sp³-hybridized carbons (Fsp3) is 0.308. The van der Waals surface area contributed by atoms with Crippen LogP contribution in [0, 0.1) is 11.3 Å². The maximum Gasteiger partial charge on any atom is 0.338 e. The van der Waals surface area contributed by atoms with Gasteiger partial charge in [-0.05, 0) is 24.3 Å². The number of nitriles is 1. The number of rotatable bonds is 5. The zero-order valence-electron chi connectivity index (χ0n) is 10.4. The smallest absolute Gasteiger partial charge is 0.338 e. The molecule has 0 aliphatic rings. The van der Waals surface area contributed by atoms with E-state index in [-0.39, 0.29) is 18.9 Å². The molecule has 0 saturated carbocycles. The average Bonchev–Trinajstić information content (AvgIpc) is 2.42. The number of hydrogen-bond donors (Lipinski definition) is 0. The predicted molar refractivity (Wildman–Crippen MR) is 72.3 cm³/mol. The van der Waals surface area contributed by atoms with E-state index in [1.807, 2.05) is 6.07 Å². The van der Waals surface area contributed by atoms with Crippen LogP contribution in [0.3, 0.4) is 0 Å². The molecule has 0 aromatic heterocycles. The lowest BCUT2D eigenvalue weighted by molar-refractivity contribution is -0.133. The lowest BCUT2D eigenvalue weighted by atomic mass is 10.2. The van der Waals surface area contributed by atoms with Crippen molar-refractivity contribution in [2.75, 3.05) is 20.2 Å². The van der Waals surface area contributed by atoms with E-state index in [1.54, 1.807) is 31.3 Å². The summed E-state index contributed by atoms with van der Waals surface area (Å²) in [5.74, 6) is -0.879. The first-order chi connectivity index (χ1) is 9.04. The lowest BCUT2D eigenvalue weighted by Gasteiger charge is -2.15. The van der Waals surface area contributed by atoms with Crippen LogP contribution in [0.4, 0.5) is 0 Å². The molecule has 0 aliphatic heterocycles. The van der Waals surface area contributed by atoms with Crippen molar-refractivity contribution in [3.8, 4) is 6.07 Å². The molecule has 0 heterocycles. The first kappa shape index (κ1) is 15.2. The van der Waals surface area contributed by atoms with Gasteiger partial charge in [-0.15, -0.1) is 0 Å². The van der Waals surface area contributed by atoms with E-state index < -0.39 is 5.97 Å². The van der Waals surface area contributed by atoms with Gasteiger partial charge in [-0.25, -0.2) is 4.79 Å². The molecule has 0 spiro atoms. The predicted octanol–water partition coefficient (Wildman–Crippen LogP) is 1.98. The van der Waals surface area contributed by atoms with Gasteiger partial charge in [0.15, 0.2) is 6.61 Å². The highest BCUT2D eigenvalue weighted by atomic mass is 79.9. The Morgan fingerprint density at radius 1 is 1.37 bits per heavy atom. The molecule has 1 amide bonds. The van der Waals surface area contributed by atoms with Gasteiger partial charge in [-0.1, -0.05) is 15.9 Å². The zero-order chi connectivity index (χ0) is 14.3. The van der Waals surface area contributed by atoms with E-state index in [4.69, 9.17) is 10.00 Å². The molecule has 0 bridgehead atoms. The van der Waals surface area contributed by atoms with Crippen LogP contribution in [0.5, 0.6) is 0 Å². The highest BCUT2D eigenvalue weighted by molar-refractivity contribution is 9.10. The van der Waals surface area contributed by atoms with Crippen LogP contribution < -0.4 is 0 Å². The van der Waals surface area contributed by atoms with Gasteiger partial charge in [-0.3, -0.25) is 4.79 Å². The first-order valence-corrected chi connectivity index (χ1v) is 6.37. The normalized spacial score (nSPS) is 9.53. The second-order valence-corrected chi connectivity index (χ2v) is 4.72. The van der Waals surface area contributed by atoms with E-state index >= 15 is 0 Å². The summed E-state index contributed by atoms with van der Waals surface area (Å²) >= 11 is 3.26. The van der Waals surface area contributed by atoms with E-state index in [0.717, 1.165) is 4.47 Å². The fourth-order valence-electron chi connectivity index (χ4n) is 1.25. The Morgan fingerprint density at radius 3 is 2.58 bits per heavy atom. The Bertz CT molecular complexity index is 494. The third-order valence-electron chi connectivity index (χ3n) is 2.39. The largest absolute Gasteiger partial charge is 0.452 e. The van der Waals surface area contributed by atoms with Gasteiger partial charge in [0.25, 0.3) is 5.91 Å². The average molecular weight is 325 g/mol. The van der Waals surface area contributed by atoms with E-state index in [2.05, 4.69) is 15.9 Å². The standard InChI is InChI=1S/C13H13BrN2O3/c1-16(8-2-7-15)12(17)9-19-13(18)10-3-5-11(14)6-4-10/h3-6H,2,8-9H2,1H3. The van der Waals surface area contributed by atoms with E-state index in [0.29, 0.717) is 12.1 Å². The number of carbonyl (C=O) groups excluding carboxylic acids is 2. The molecule has 5 nitrogen and oxygen atoms in total. The van der Waals surface area contributed by atoms with Crippen molar-refractivity contribution in [1.29, 1.82) is 5.26 Å². The number of esters is 1.